The van der Waals surface area contributed by atoms with Crippen molar-refractivity contribution >= 4 is 0 Å². The number of aryl methyl sites for hydroxylation is 2. The second kappa shape index (κ2) is 7.45. The molecule has 1 heteroatoms. The first-order valence-corrected chi connectivity index (χ1v) is 6.59. The Hall–Kier alpha value is -0.820. The van der Waals surface area contributed by atoms with Gasteiger partial charge in [0.1, 0.15) is 0 Å². The lowest BCUT2D eigenvalue weighted by Gasteiger charge is -2.09. The van der Waals surface area contributed by atoms with Gasteiger partial charge in [-0.15, -0.1) is 0 Å². The van der Waals surface area contributed by atoms with Crippen LogP contribution in [0.4, 0.5) is 0 Å². The van der Waals surface area contributed by atoms with Crippen LogP contribution < -0.4 is 5.73 Å². The van der Waals surface area contributed by atoms with Crippen molar-refractivity contribution in [3.63, 3.8) is 0 Å². The Balaban J connectivity index is 2.26. The molecule has 1 rings (SSSR count). The van der Waals surface area contributed by atoms with Crippen molar-refractivity contribution in [2.75, 3.05) is 0 Å². The summed E-state index contributed by atoms with van der Waals surface area (Å²) in [6.07, 6.45) is 7.03. The van der Waals surface area contributed by atoms with E-state index in [-0.39, 0.29) is 0 Å². The van der Waals surface area contributed by atoms with Crippen LogP contribution in [0.15, 0.2) is 24.3 Å². The van der Waals surface area contributed by atoms with Gasteiger partial charge in [0.2, 0.25) is 0 Å². The highest BCUT2D eigenvalue weighted by Gasteiger charge is 2.01. The largest absolute Gasteiger partial charge is 0.328 e. The molecule has 1 aromatic carbocycles. The van der Waals surface area contributed by atoms with E-state index in [0.717, 1.165) is 19.3 Å². The third-order valence-corrected chi connectivity index (χ3v) is 3.13. The van der Waals surface area contributed by atoms with Crippen LogP contribution in [0.2, 0.25) is 0 Å². The van der Waals surface area contributed by atoms with Crippen LogP contribution in [0.1, 0.15) is 50.7 Å². The minimum Gasteiger partial charge on any atom is -0.328 e. The molecule has 0 bridgehead atoms. The highest BCUT2D eigenvalue weighted by molar-refractivity contribution is 5.22. The summed E-state index contributed by atoms with van der Waals surface area (Å²) in [6.45, 7) is 4.39. The predicted octanol–water partition coefficient (Wildman–Crippen LogP) is 3.70. The van der Waals surface area contributed by atoms with E-state index >= 15 is 0 Å². The Morgan fingerprint density at radius 1 is 1.00 bits per heavy atom. The molecule has 0 radical (unpaired) electrons. The van der Waals surface area contributed by atoms with Crippen molar-refractivity contribution in [3.8, 4) is 0 Å². The molecular formula is C15H25N. The summed E-state index contributed by atoms with van der Waals surface area (Å²) < 4.78 is 0. The van der Waals surface area contributed by atoms with E-state index in [2.05, 4.69) is 38.1 Å². The first-order chi connectivity index (χ1) is 7.76. The van der Waals surface area contributed by atoms with Gasteiger partial charge < -0.3 is 5.73 Å². The molecule has 1 aromatic rings. The van der Waals surface area contributed by atoms with Gasteiger partial charge in [-0.3, -0.25) is 0 Å². The van der Waals surface area contributed by atoms with Crippen molar-refractivity contribution in [3.05, 3.63) is 35.4 Å². The SMILES string of the molecule is CCCC(N)CCCc1ccc(CC)cc1. The highest BCUT2D eigenvalue weighted by Crippen LogP contribution is 2.10. The van der Waals surface area contributed by atoms with E-state index in [1.54, 1.807) is 0 Å². The van der Waals surface area contributed by atoms with E-state index in [1.807, 2.05) is 0 Å². The number of hydrogen-bond acceptors (Lipinski definition) is 1. The molecule has 1 atom stereocenters. The maximum atomic E-state index is 5.99. The Morgan fingerprint density at radius 2 is 1.62 bits per heavy atom. The van der Waals surface area contributed by atoms with Crippen molar-refractivity contribution in [1.29, 1.82) is 0 Å². The maximum absolute atomic E-state index is 5.99. The Bertz CT molecular complexity index is 276. The van der Waals surface area contributed by atoms with Crippen LogP contribution in [-0.2, 0) is 12.8 Å². The second-order valence-corrected chi connectivity index (χ2v) is 4.61. The van der Waals surface area contributed by atoms with E-state index in [0.29, 0.717) is 6.04 Å². The minimum atomic E-state index is 0.403. The summed E-state index contributed by atoms with van der Waals surface area (Å²) in [6, 6.07) is 9.39. The fraction of sp³-hybridized carbons (Fsp3) is 0.600. The molecule has 0 aliphatic carbocycles. The van der Waals surface area contributed by atoms with Gasteiger partial charge in [-0.2, -0.15) is 0 Å². The lowest BCUT2D eigenvalue weighted by atomic mass is 10.0. The maximum Gasteiger partial charge on any atom is 0.00388 e. The van der Waals surface area contributed by atoms with Gasteiger partial charge in [0, 0.05) is 6.04 Å². The normalized spacial score (nSPS) is 12.7. The molecule has 0 aromatic heterocycles. The molecule has 2 N–H and O–H groups in total. The van der Waals surface area contributed by atoms with E-state index in [4.69, 9.17) is 5.73 Å². The second-order valence-electron chi connectivity index (χ2n) is 4.61. The molecule has 0 spiro atoms. The number of nitrogens with two attached hydrogens (primary N) is 1. The highest BCUT2D eigenvalue weighted by atomic mass is 14.6. The lowest BCUT2D eigenvalue weighted by Crippen LogP contribution is -2.19. The molecule has 0 amide bonds. The standard InChI is InChI=1S/C15H25N/c1-3-6-15(16)8-5-7-14-11-9-13(4-2)10-12-14/h9-12,15H,3-8,16H2,1-2H3. The Kier molecular flexibility index (Phi) is 6.17. The van der Waals surface area contributed by atoms with Crippen LogP contribution in [0.5, 0.6) is 0 Å². The molecule has 0 saturated carbocycles. The zero-order valence-corrected chi connectivity index (χ0v) is 10.7. The molecule has 1 nitrogen and oxygen atoms in total. The predicted molar refractivity (Wildman–Crippen MR) is 71.6 cm³/mol. The van der Waals surface area contributed by atoms with Gasteiger partial charge in [-0.1, -0.05) is 44.5 Å². The van der Waals surface area contributed by atoms with E-state index < -0.39 is 0 Å². The molecule has 1 unspecified atom stereocenters. The van der Waals surface area contributed by atoms with Crippen LogP contribution in [-0.4, -0.2) is 6.04 Å². The average molecular weight is 219 g/mol. The lowest BCUT2D eigenvalue weighted by molar-refractivity contribution is 0.539. The Morgan fingerprint density at radius 3 is 2.19 bits per heavy atom. The summed E-state index contributed by atoms with van der Waals surface area (Å²) in [5.41, 5.74) is 8.86. The first kappa shape index (κ1) is 13.2. The molecule has 0 fully saturated rings. The van der Waals surface area contributed by atoms with Gasteiger partial charge in [-0.25, -0.2) is 0 Å². The fourth-order valence-corrected chi connectivity index (χ4v) is 2.03. The van der Waals surface area contributed by atoms with Crippen LogP contribution in [0.3, 0.4) is 0 Å². The molecule has 0 heterocycles. The number of rotatable bonds is 7. The topological polar surface area (TPSA) is 26.0 Å². The molecule has 0 aliphatic rings. The number of benzene rings is 1. The third-order valence-electron chi connectivity index (χ3n) is 3.13. The average Bonchev–Trinajstić information content (AvgIpc) is 2.30. The van der Waals surface area contributed by atoms with Crippen LogP contribution in [0, 0.1) is 0 Å². The zero-order chi connectivity index (χ0) is 11.8. The summed E-state index contributed by atoms with van der Waals surface area (Å²) in [4.78, 5) is 0. The molecule has 16 heavy (non-hydrogen) atoms. The molecular weight excluding hydrogens is 194 g/mol. The van der Waals surface area contributed by atoms with Gasteiger partial charge >= 0.3 is 0 Å². The quantitative estimate of drug-likeness (QED) is 0.743. The summed E-state index contributed by atoms with van der Waals surface area (Å²) in [7, 11) is 0. The molecule has 0 saturated heterocycles. The van der Waals surface area contributed by atoms with Gasteiger partial charge in [0.05, 0.1) is 0 Å². The van der Waals surface area contributed by atoms with Crippen molar-refractivity contribution < 1.29 is 0 Å². The Labute approximate surface area is 100 Å². The fourth-order valence-electron chi connectivity index (χ4n) is 2.03. The van der Waals surface area contributed by atoms with Gasteiger partial charge in [0.15, 0.2) is 0 Å². The van der Waals surface area contributed by atoms with Crippen molar-refractivity contribution in [1.82, 2.24) is 0 Å². The zero-order valence-electron chi connectivity index (χ0n) is 10.7. The van der Waals surface area contributed by atoms with Crippen LogP contribution in [0.25, 0.3) is 0 Å². The molecule has 0 aliphatic heterocycles. The van der Waals surface area contributed by atoms with Gasteiger partial charge in [-0.05, 0) is 43.2 Å². The monoisotopic (exact) mass is 219 g/mol. The molecule has 90 valence electrons. The smallest absolute Gasteiger partial charge is 0.00388 e. The summed E-state index contributed by atoms with van der Waals surface area (Å²) in [5.74, 6) is 0. The first-order valence-electron chi connectivity index (χ1n) is 6.59. The van der Waals surface area contributed by atoms with E-state index in [9.17, 15) is 0 Å². The summed E-state index contributed by atoms with van der Waals surface area (Å²) >= 11 is 0. The third kappa shape index (κ3) is 4.80. The van der Waals surface area contributed by atoms with Crippen molar-refractivity contribution in [2.24, 2.45) is 5.73 Å². The van der Waals surface area contributed by atoms with Crippen LogP contribution >= 0.6 is 0 Å². The number of hydrogen-bond donors (Lipinski definition) is 1. The minimum absolute atomic E-state index is 0.403. The van der Waals surface area contributed by atoms with Gasteiger partial charge in [0.25, 0.3) is 0 Å². The summed E-state index contributed by atoms with van der Waals surface area (Å²) in [5, 5.41) is 0. The van der Waals surface area contributed by atoms with E-state index in [1.165, 1.54) is 30.4 Å². The van der Waals surface area contributed by atoms with Crippen molar-refractivity contribution in [2.45, 2.75) is 58.4 Å².